The second-order valence-electron chi connectivity index (χ2n) is 5.61. The lowest BCUT2D eigenvalue weighted by atomic mass is 10.2. The van der Waals surface area contributed by atoms with Crippen molar-refractivity contribution in [2.75, 3.05) is 0 Å². The fraction of sp³-hybridized carbons (Fsp3) is 0.500. The predicted octanol–water partition coefficient (Wildman–Crippen LogP) is 3.55. The lowest BCUT2D eigenvalue weighted by molar-refractivity contribution is 0.852. The van der Waals surface area contributed by atoms with Gasteiger partial charge in [0.15, 0.2) is 0 Å². The van der Waals surface area contributed by atoms with Gasteiger partial charge in [-0.25, -0.2) is 0 Å². The van der Waals surface area contributed by atoms with Crippen molar-refractivity contribution in [2.24, 2.45) is 0 Å². The van der Waals surface area contributed by atoms with Crippen molar-refractivity contribution >= 4 is 19.0 Å². The molecule has 0 aliphatic heterocycles. The van der Waals surface area contributed by atoms with Crippen LogP contribution in [0.5, 0.6) is 0 Å². The number of unbranched alkanes of at least 4 members (excludes halogenated alkanes) is 1. The van der Waals surface area contributed by atoms with Crippen LogP contribution in [0, 0.1) is 0 Å². The third-order valence-corrected chi connectivity index (χ3v) is 8.55. The molecule has 0 nitrogen and oxygen atoms in total. The van der Waals surface area contributed by atoms with Crippen molar-refractivity contribution in [3.8, 4) is 0 Å². The molecule has 2 atom stereocenters. The van der Waals surface area contributed by atoms with Crippen LogP contribution < -0.4 is 0 Å². The zero-order chi connectivity index (χ0) is 12.5. The van der Waals surface area contributed by atoms with Crippen LogP contribution in [-0.4, -0.2) is 19.0 Å². The largest absolute Gasteiger partial charge is 0.0844 e. The second kappa shape index (κ2) is 8.49. The fourth-order valence-corrected chi connectivity index (χ4v) is 6.75. The number of allylic oxidation sites excluding steroid dienone is 8. The lowest BCUT2D eigenvalue weighted by Crippen LogP contribution is -2.03. The molecule has 0 saturated heterocycles. The van der Waals surface area contributed by atoms with Gasteiger partial charge in [-0.05, 0) is 23.9 Å². The predicted molar refractivity (Wildman–Crippen MR) is 89.2 cm³/mol. The molecule has 0 spiro atoms. The van der Waals surface area contributed by atoms with Gasteiger partial charge in [0.25, 0.3) is 0 Å². The molecule has 0 heterocycles. The van der Waals surface area contributed by atoms with Crippen LogP contribution in [0.3, 0.4) is 0 Å². The van der Waals surface area contributed by atoms with Gasteiger partial charge in [-0.15, -0.1) is 0 Å². The molecule has 0 amide bonds. The molecule has 2 aliphatic carbocycles. The molecule has 0 bridgehead atoms. The summed E-state index contributed by atoms with van der Waals surface area (Å²) in [5.74, 6) is 0. The summed E-state index contributed by atoms with van der Waals surface area (Å²) in [4.78, 5) is 0. The van der Waals surface area contributed by atoms with E-state index in [9.17, 15) is 0 Å². The first-order valence-corrected chi connectivity index (χ1v) is 11.2. The highest BCUT2D eigenvalue weighted by atomic mass is 28.2. The molecule has 0 aromatic rings. The van der Waals surface area contributed by atoms with Crippen molar-refractivity contribution in [2.45, 2.75) is 48.9 Å². The van der Waals surface area contributed by atoms with Crippen molar-refractivity contribution in [1.29, 1.82) is 0 Å². The summed E-state index contributed by atoms with van der Waals surface area (Å²) in [5, 5.41) is 0. The summed E-state index contributed by atoms with van der Waals surface area (Å²) in [5.41, 5.74) is 1.94. The first-order valence-electron chi connectivity index (χ1n) is 7.62. The molecular weight excluding hydrogens is 248 g/mol. The van der Waals surface area contributed by atoms with Crippen molar-refractivity contribution < 1.29 is 0 Å². The van der Waals surface area contributed by atoms with Gasteiger partial charge in [0.05, 0.1) is 0 Å². The first kappa shape index (κ1) is 13.8. The maximum atomic E-state index is 2.44. The molecule has 2 unspecified atom stereocenters. The van der Waals surface area contributed by atoms with Gasteiger partial charge in [0.2, 0.25) is 0 Å². The minimum absolute atomic E-state index is 0.167. The molecule has 0 N–H and O–H groups in total. The summed E-state index contributed by atoms with van der Waals surface area (Å²) in [6.07, 6.45) is 24.1. The number of hydrogen-bond donors (Lipinski definition) is 0. The minimum atomic E-state index is 0.167. The third kappa shape index (κ3) is 5.36. The Morgan fingerprint density at radius 1 is 0.722 bits per heavy atom. The van der Waals surface area contributed by atoms with Crippen LogP contribution in [0.15, 0.2) is 48.6 Å². The Balaban J connectivity index is 1.44. The van der Waals surface area contributed by atoms with Crippen LogP contribution in [0.4, 0.5) is 0 Å². The molecule has 0 aromatic carbocycles. The molecule has 0 fully saturated rings. The van der Waals surface area contributed by atoms with E-state index in [1.807, 2.05) is 0 Å². The summed E-state index contributed by atoms with van der Waals surface area (Å²) >= 11 is 0. The van der Waals surface area contributed by atoms with E-state index in [1.54, 1.807) is 12.1 Å². The van der Waals surface area contributed by atoms with Gasteiger partial charge < -0.3 is 0 Å². The first-order chi connectivity index (χ1) is 8.95. The van der Waals surface area contributed by atoms with Gasteiger partial charge in [-0.3, -0.25) is 0 Å². The SMILES string of the molecule is C1=CCC([SiH2]CCCC[SiH2]C2C=CC=CC2)C=C1. The molecule has 0 saturated carbocycles. The van der Waals surface area contributed by atoms with Gasteiger partial charge in [0.1, 0.15) is 0 Å². The monoisotopic (exact) mass is 274 g/mol. The lowest BCUT2D eigenvalue weighted by Gasteiger charge is -2.13. The minimum Gasteiger partial charge on any atom is -0.0844 e. The zero-order valence-electron chi connectivity index (χ0n) is 11.4. The van der Waals surface area contributed by atoms with E-state index in [2.05, 4.69) is 48.6 Å². The molecule has 18 heavy (non-hydrogen) atoms. The van der Waals surface area contributed by atoms with Gasteiger partial charge in [-0.1, -0.05) is 73.5 Å². The smallest absolute Gasteiger partial charge is 0.0283 e. The van der Waals surface area contributed by atoms with Crippen LogP contribution in [-0.2, 0) is 0 Å². The van der Waals surface area contributed by atoms with Gasteiger partial charge in [0, 0.05) is 19.0 Å². The number of hydrogen-bond acceptors (Lipinski definition) is 0. The summed E-state index contributed by atoms with van der Waals surface area (Å²) < 4.78 is 0. The molecule has 0 aromatic heterocycles. The van der Waals surface area contributed by atoms with E-state index >= 15 is 0 Å². The maximum absolute atomic E-state index is 2.44. The van der Waals surface area contributed by atoms with Crippen molar-refractivity contribution in [3.05, 3.63) is 48.6 Å². The average molecular weight is 275 g/mol. The summed E-state index contributed by atoms with van der Waals surface area (Å²) in [7, 11) is 0.334. The Morgan fingerprint density at radius 2 is 1.22 bits per heavy atom. The Labute approximate surface area is 117 Å². The molecular formula is C16H26Si2. The van der Waals surface area contributed by atoms with Gasteiger partial charge >= 0.3 is 0 Å². The van der Waals surface area contributed by atoms with E-state index in [-0.39, 0.29) is 19.0 Å². The second-order valence-corrected chi connectivity index (χ2v) is 10.3. The maximum Gasteiger partial charge on any atom is 0.0283 e. The highest BCUT2D eigenvalue weighted by Crippen LogP contribution is 2.21. The van der Waals surface area contributed by atoms with Crippen LogP contribution in [0.25, 0.3) is 0 Å². The normalized spacial score (nSPS) is 27.1. The Hall–Kier alpha value is -0.606. The highest BCUT2D eigenvalue weighted by Gasteiger charge is 2.07. The van der Waals surface area contributed by atoms with Crippen molar-refractivity contribution in [3.63, 3.8) is 0 Å². The quantitative estimate of drug-likeness (QED) is 0.492. The fourth-order valence-electron chi connectivity index (χ4n) is 2.86. The van der Waals surface area contributed by atoms with Crippen LogP contribution >= 0.6 is 0 Å². The summed E-state index contributed by atoms with van der Waals surface area (Å²) in [6, 6.07) is 3.13. The molecule has 2 aliphatic rings. The summed E-state index contributed by atoms with van der Waals surface area (Å²) in [6.45, 7) is 0. The zero-order valence-corrected chi connectivity index (χ0v) is 14.3. The standard InChI is InChI=1S/C16H26Si2/c1-3-9-15(10-4-1)17-13-7-8-14-18-16-11-5-2-6-12-16/h1-6,9,11,15-16H,7-8,10,12-14,17-18H2. The van der Waals surface area contributed by atoms with Crippen molar-refractivity contribution in [1.82, 2.24) is 0 Å². The Bertz CT molecular complexity index is 305. The topological polar surface area (TPSA) is 0 Å². The third-order valence-electron chi connectivity index (χ3n) is 4.04. The van der Waals surface area contributed by atoms with E-state index in [1.165, 1.54) is 25.7 Å². The van der Waals surface area contributed by atoms with Crippen LogP contribution in [0.2, 0.25) is 23.2 Å². The molecule has 0 radical (unpaired) electrons. The highest BCUT2D eigenvalue weighted by molar-refractivity contribution is 6.39. The van der Waals surface area contributed by atoms with E-state index in [0.29, 0.717) is 0 Å². The number of rotatable bonds is 7. The molecule has 2 rings (SSSR count). The Kier molecular flexibility index (Phi) is 6.52. The average Bonchev–Trinajstić information content (AvgIpc) is 2.45. The van der Waals surface area contributed by atoms with E-state index in [4.69, 9.17) is 0 Å². The Morgan fingerprint density at radius 3 is 1.61 bits per heavy atom. The van der Waals surface area contributed by atoms with E-state index in [0.717, 1.165) is 11.1 Å². The van der Waals surface area contributed by atoms with E-state index < -0.39 is 0 Å². The van der Waals surface area contributed by atoms with Gasteiger partial charge in [-0.2, -0.15) is 0 Å². The van der Waals surface area contributed by atoms with Crippen LogP contribution in [0.1, 0.15) is 25.7 Å². The molecule has 98 valence electrons. The molecule has 2 heteroatoms.